The largest absolute Gasteiger partial charge is 0.456 e. The number of esters is 1. The highest BCUT2D eigenvalue weighted by molar-refractivity contribution is 5.98. The van der Waals surface area contributed by atoms with Crippen molar-refractivity contribution in [1.82, 2.24) is 4.90 Å². The van der Waals surface area contributed by atoms with Gasteiger partial charge in [-0.2, -0.15) is 0 Å². The number of benzene rings is 3. The lowest BCUT2D eigenvalue weighted by molar-refractivity contribution is 0.00680. The molecule has 0 radical (unpaired) electrons. The van der Waals surface area contributed by atoms with Crippen molar-refractivity contribution in [3.63, 3.8) is 0 Å². The van der Waals surface area contributed by atoms with Gasteiger partial charge in [0.25, 0.3) is 0 Å². The number of carbonyl (C=O) groups is 2. The van der Waals surface area contributed by atoms with E-state index in [0.29, 0.717) is 44.0 Å². The molecule has 1 saturated heterocycles. The number of fused-ring (bicyclic) bond motifs is 3. The average molecular weight is 542 g/mol. The van der Waals surface area contributed by atoms with E-state index in [2.05, 4.69) is 29.2 Å². The predicted octanol–water partition coefficient (Wildman–Crippen LogP) is 6.22. The molecule has 0 atom stereocenters. The topological polar surface area (TPSA) is 85.1 Å². The second kappa shape index (κ2) is 10.5. The van der Waals surface area contributed by atoms with Crippen LogP contribution in [0.3, 0.4) is 0 Å². The van der Waals surface area contributed by atoms with Crippen molar-refractivity contribution in [2.45, 2.75) is 53.1 Å². The third-order valence-corrected chi connectivity index (χ3v) is 8.06. The van der Waals surface area contributed by atoms with Gasteiger partial charge < -0.3 is 25.0 Å². The number of nitrogens with two attached hydrogens (primary N) is 1. The number of nitrogens with zero attached hydrogens (tertiary/aromatic N) is 2. The summed E-state index contributed by atoms with van der Waals surface area (Å²) in [6.45, 7) is 13.9. The molecule has 5 rings (SSSR count). The number of ether oxygens (including phenoxy) is 2. The van der Waals surface area contributed by atoms with Crippen LogP contribution in [0.25, 0.3) is 11.1 Å². The molecule has 1 amide bonds. The van der Waals surface area contributed by atoms with Gasteiger partial charge in [0.05, 0.1) is 5.56 Å². The summed E-state index contributed by atoms with van der Waals surface area (Å²) in [6, 6.07) is 16.7. The lowest BCUT2D eigenvalue weighted by atomic mass is 9.93. The van der Waals surface area contributed by atoms with Gasteiger partial charge in [0.1, 0.15) is 12.2 Å². The highest BCUT2D eigenvalue weighted by Crippen LogP contribution is 2.44. The van der Waals surface area contributed by atoms with E-state index < -0.39 is 5.60 Å². The molecule has 7 nitrogen and oxygen atoms in total. The standard InChI is InChI=1S/C33H39N3O4/c1-20-28(31(37)40-33(4,5)6)21(2)30(22(3)29(20)34)35-15-17-36(18-16-35)32(38)39-19-27-25-13-9-7-11-23(25)24-12-8-10-14-26(24)27/h7-14,27H,15-19,34H2,1-6H3. The first kappa shape index (κ1) is 27.6. The number of hydrogen-bond acceptors (Lipinski definition) is 6. The van der Waals surface area contributed by atoms with Gasteiger partial charge >= 0.3 is 12.1 Å². The van der Waals surface area contributed by atoms with Crippen LogP contribution < -0.4 is 10.6 Å². The van der Waals surface area contributed by atoms with Gasteiger partial charge in [-0.05, 0) is 80.5 Å². The van der Waals surface area contributed by atoms with Crippen LogP contribution in [-0.4, -0.2) is 55.3 Å². The molecule has 0 aromatic heterocycles. The Morgan fingerprint density at radius 2 is 1.40 bits per heavy atom. The predicted molar refractivity (Wildman–Crippen MR) is 159 cm³/mol. The van der Waals surface area contributed by atoms with Crippen molar-refractivity contribution in [3.05, 3.63) is 81.9 Å². The van der Waals surface area contributed by atoms with E-state index in [9.17, 15) is 9.59 Å². The molecular formula is C33H39N3O4. The number of nitrogen functional groups attached to an aromatic ring is 1. The highest BCUT2D eigenvalue weighted by Gasteiger charge is 2.32. The van der Waals surface area contributed by atoms with Crippen molar-refractivity contribution < 1.29 is 19.1 Å². The first-order chi connectivity index (χ1) is 19.0. The minimum Gasteiger partial charge on any atom is -0.456 e. The summed E-state index contributed by atoms with van der Waals surface area (Å²) in [5.41, 5.74) is 15.3. The smallest absolute Gasteiger partial charge is 0.409 e. The van der Waals surface area contributed by atoms with Crippen LogP contribution in [0.1, 0.15) is 64.9 Å². The number of carbonyl (C=O) groups excluding carboxylic acids is 2. The fourth-order valence-corrected chi connectivity index (χ4v) is 6.13. The average Bonchev–Trinajstić information content (AvgIpc) is 3.23. The zero-order chi connectivity index (χ0) is 28.8. The lowest BCUT2D eigenvalue weighted by Crippen LogP contribution is -2.49. The van der Waals surface area contributed by atoms with Gasteiger partial charge in [0.2, 0.25) is 0 Å². The van der Waals surface area contributed by atoms with Crippen LogP contribution in [0.2, 0.25) is 0 Å². The Morgan fingerprint density at radius 1 is 0.850 bits per heavy atom. The fraction of sp³-hybridized carbons (Fsp3) is 0.394. The number of rotatable bonds is 4. The molecule has 3 aromatic carbocycles. The molecule has 7 heteroatoms. The van der Waals surface area contributed by atoms with E-state index in [1.807, 2.05) is 65.8 Å². The Kier molecular flexibility index (Phi) is 7.25. The molecule has 2 aliphatic rings. The van der Waals surface area contributed by atoms with Gasteiger partial charge in [-0.15, -0.1) is 0 Å². The summed E-state index contributed by atoms with van der Waals surface area (Å²) >= 11 is 0. The van der Waals surface area contributed by atoms with E-state index in [4.69, 9.17) is 15.2 Å². The van der Waals surface area contributed by atoms with E-state index in [0.717, 1.165) is 22.4 Å². The monoisotopic (exact) mass is 541 g/mol. The molecule has 40 heavy (non-hydrogen) atoms. The van der Waals surface area contributed by atoms with Crippen molar-refractivity contribution in [1.29, 1.82) is 0 Å². The van der Waals surface area contributed by atoms with Crippen molar-refractivity contribution in [2.24, 2.45) is 0 Å². The van der Waals surface area contributed by atoms with Gasteiger partial charge in [0, 0.05) is 43.5 Å². The van der Waals surface area contributed by atoms with Gasteiger partial charge in [-0.3, -0.25) is 0 Å². The number of hydrogen-bond donors (Lipinski definition) is 1. The first-order valence-corrected chi connectivity index (χ1v) is 14.0. The maximum atomic E-state index is 13.1. The van der Waals surface area contributed by atoms with E-state index in [-0.39, 0.29) is 18.0 Å². The molecule has 0 saturated carbocycles. The van der Waals surface area contributed by atoms with Gasteiger partial charge in [-0.25, -0.2) is 9.59 Å². The maximum Gasteiger partial charge on any atom is 0.409 e. The SMILES string of the molecule is Cc1c(N)c(C)c(N2CCN(C(=O)OCC3c4ccccc4-c4ccccc43)CC2)c(C)c1C(=O)OC(C)(C)C. The van der Waals surface area contributed by atoms with Crippen molar-refractivity contribution in [2.75, 3.05) is 43.4 Å². The van der Waals surface area contributed by atoms with Gasteiger partial charge in [0.15, 0.2) is 0 Å². The first-order valence-electron chi connectivity index (χ1n) is 14.0. The van der Waals surface area contributed by atoms with Crippen LogP contribution in [-0.2, 0) is 9.47 Å². The Balaban J connectivity index is 1.27. The summed E-state index contributed by atoms with van der Waals surface area (Å²) in [4.78, 5) is 30.2. The molecular weight excluding hydrogens is 502 g/mol. The van der Waals surface area contributed by atoms with Crippen LogP contribution in [0.4, 0.5) is 16.2 Å². The van der Waals surface area contributed by atoms with E-state index in [1.54, 1.807) is 4.90 Å². The number of piperazine rings is 1. The summed E-state index contributed by atoms with van der Waals surface area (Å²) in [7, 11) is 0. The van der Waals surface area contributed by atoms with Gasteiger partial charge in [-0.1, -0.05) is 48.5 Å². The van der Waals surface area contributed by atoms with E-state index >= 15 is 0 Å². The minimum absolute atomic E-state index is 0.0322. The Labute approximate surface area is 236 Å². The molecule has 1 aliphatic heterocycles. The molecule has 0 bridgehead atoms. The highest BCUT2D eigenvalue weighted by atomic mass is 16.6. The molecule has 0 spiro atoms. The summed E-state index contributed by atoms with van der Waals surface area (Å²) in [5, 5.41) is 0. The molecule has 210 valence electrons. The Bertz CT molecular complexity index is 1420. The number of anilines is 2. The van der Waals surface area contributed by atoms with Crippen molar-refractivity contribution in [3.8, 4) is 11.1 Å². The Hall–Kier alpha value is -4.00. The molecule has 1 heterocycles. The zero-order valence-corrected chi connectivity index (χ0v) is 24.3. The van der Waals surface area contributed by atoms with E-state index in [1.165, 1.54) is 22.3 Å². The third-order valence-electron chi connectivity index (χ3n) is 8.06. The third kappa shape index (κ3) is 5.01. The zero-order valence-electron chi connectivity index (χ0n) is 24.3. The lowest BCUT2D eigenvalue weighted by Gasteiger charge is -2.38. The summed E-state index contributed by atoms with van der Waals surface area (Å²) in [5.74, 6) is -0.336. The molecule has 2 N–H and O–H groups in total. The minimum atomic E-state index is -0.607. The van der Waals surface area contributed by atoms with Crippen LogP contribution in [0.15, 0.2) is 48.5 Å². The summed E-state index contributed by atoms with van der Waals surface area (Å²) < 4.78 is 11.6. The van der Waals surface area contributed by atoms with Crippen molar-refractivity contribution >= 4 is 23.4 Å². The Morgan fingerprint density at radius 3 is 1.95 bits per heavy atom. The maximum absolute atomic E-state index is 13.1. The normalized spacial score (nSPS) is 15.1. The van der Waals surface area contributed by atoms with Crippen LogP contribution in [0.5, 0.6) is 0 Å². The van der Waals surface area contributed by atoms with Crippen LogP contribution >= 0.6 is 0 Å². The molecule has 0 unspecified atom stereocenters. The molecule has 1 fully saturated rings. The second-order valence-corrected chi connectivity index (χ2v) is 11.8. The quantitative estimate of drug-likeness (QED) is 0.312. The second-order valence-electron chi connectivity index (χ2n) is 11.8. The van der Waals surface area contributed by atoms with Crippen LogP contribution in [0, 0.1) is 20.8 Å². The molecule has 1 aliphatic carbocycles. The fourth-order valence-electron chi connectivity index (χ4n) is 6.13. The summed E-state index contributed by atoms with van der Waals surface area (Å²) in [6.07, 6.45) is -0.298. The molecule has 3 aromatic rings. The number of amides is 1.